The van der Waals surface area contributed by atoms with Crippen molar-refractivity contribution in [3.05, 3.63) is 42.5 Å². The van der Waals surface area contributed by atoms with Crippen molar-refractivity contribution in [2.45, 2.75) is 39.2 Å². The minimum Gasteiger partial charge on any atom is -0.355 e. The summed E-state index contributed by atoms with van der Waals surface area (Å²) in [4.78, 5) is 14.6. The summed E-state index contributed by atoms with van der Waals surface area (Å²) in [5.41, 5.74) is 1.71. The van der Waals surface area contributed by atoms with Crippen LogP contribution in [0.25, 0.3) is 17.0 Å². The summed E-state index contributed by atoms with van der Waals surface area (Å²) in [5.74, 6) is 1.90. The molecule has 1 aliphatic heterocycles. The van der Waals surface area contributed by atoms with Gasteiger partial charge in [0, 0.05) is 30.6 Å². The molecule has 7 heteroatoms. The van der Waals surface area contributed by atoms with E-state index in [9.17, 15) is 4.79 Å². The van der Waals surface area contributed by atoms with Gasteiger partial charge in [-0.3, -0.25) is 4.79 Å². The second-order valence-corrected chi connectivity index (χ2v) is 7.43. The molecule has 2 aromatic heterocycles. The summed E-state index contributed by atoms with van der Waals surface area (Å²) in [6.07, 6.45) is 2.64. The lowest BCUT2D eigenvalue weighted by atomic mass is 9.95. The Balaban J connectivity index is 1.49. The molecule has 1 amide bonds. The number of benzene rings is 1. The Kier molecular flexibility index (Phi) is 5.23. The Morgan fingerprint density at radius 2 is 1.89 bits per heavy atom. The summed E-state index contributed by atoms with van der Waals surface area (Å²) >= 11 is 0. The average molecular weight is 378 g/mol. The van der Waals surface area contributed by atoms with Crippen molar-refractivity contribution in [1.82, 2.24) is 25.1 Å². The van der Waals surface area contributed by atoms with Gasteiger partial charge in [0.1, 0.15) is 5.82 Å². The molecule has 7 nitrogen and oxygen atoms in total. The quantitative estimate of drug-likeness (QED) is 0.739. The van der Waals surface area contributed by atoms with Crippen LogP contribution in [0.15, 0.2) is 42.5 Å². The number of amides is 1. The molecule has 0 aliphatic carbocycles. The fourth-order valence-corrected chi connectivity index (χ4v) is 3.55. The van der Waals surface area contributed by atoms with Gasteiger partial charge in [-0.25, -0.2) is 0 Å². The molecule has 28 heavy (non-hydrogen) atoms. The van der Waals surface area contributed by atoms with Crippen LogP contribution in [0.1, 0.15) is 33.1 Å². The maximum Gasteiger partial charge on any atom is 0.223 e. The predicted octanol–water partition coefficient (Wildman–Crippen LogP) is 2.92. The number of carbonyl (C=O) groups excluding carboxylic acids is 1. The first-order valence-electron chi connectivity index (χ1n) is 9.99. The van der Waals surface area contributed by atoms with Crippen LogP contribution in [-0.2, 0) is 4.79 Å². The lowest BCUT2D eigenvalue weighted by molar-refractivity contribution is -0.126. The highest BCUT2D eigenvalue weighted by molar-refractivity contribution is 5.79. The Hall–Kier alpha value is -2.96. The highest BCUT2D eigenvalue weighted by Gasteiger charge is 2.26. The maximum atomic E-state index is 12.4. The number of rotatable bonds is 5. The van der Waals surface area contributed by atoms with Crippen LogP contribution in [0.2, 0.25) is 0 Å². The molecule has 0 saturated carbocycles. The number of anilines is 1. The number of hydrogen-bond donors (Lipinski definition) is 1. The van der Waals surface area contributed by atoms with Gasteiger partial charge in [0.25, 0.3) is 0 Å². The molecule has 0 unspecified atom stereocenters. The summed E-state index contributed by atoms with van der Waals surface area (Å²) in [6, 6.07) is 14.1. The zero-order valence-corrected chi connectivity index (χ0v) is 16.4. The first-order chi connectivity index (χ1) is 13.7. The topological polar surface area (TPSA) is 75.4 Å². The van der Waals surface area contributed by atoms with Crippen LogP contribution in [0.3, 0.4) is 0 Å². The fraction of sp³-hybridized carbons (Fsp3) is 0.429. The Morgan fingerprint density at radius 3 is 2.61 bits per heavy atom. The summed E-state index contributed by atoms with van der Waals surface area (Å²) in [6.45, 7) is 5.78. The molecule has 1 fully saturated rings. The third-order valence-electron chi connectivity index (χ3n) is 5.47. The molecule has 1 aromatic carbocycles. The highest BCUT2D eigenvalue weighted by atomic mass is 16.1. The lowest BCUT2D eigenvalue weighted by Crippen LogP contribution is -2.43. The summed E-state index contributed by atoms with van der Waals surface area (Å²) < 4.78 is 1.80. The monoisotopic (exact) mass is 378 g/mol. The predicted molar refractivity (Wildman–Crippen MR) is 109 cm³/mol. The normalized spacial score (nSPS) is 16.3. The molecule has 0 radical (unpaired) electrons. The van der Waals surface area contributed by atoms with Crippen molar-refractivity contribution in [2.24, 2.45) is 5.92 Å². The van der Waals surface area contributed by atoms with Crippen LogP contribution in [-0.4, -0.2) is 44.8 Å². The fourth-order valence-electron chi connectivity index (χ4n) is 3.55. The van der Waals surface area contributed by atoms with E-state index in [1.54, 1.807) is 4.52 Å². The minimum absolute atomic E-state index is 0.0868. The highest BCUT2D eigenvalue weighted by Crippen LogP contribution is 2.24. The Morgan fingerprint density at radius 1 is 1.14 bits per heavy atom. The molecular formula is C21H26N6O. The molecule has 0 spiro atoms. The molecule has 3 aromatic rings. The number of nitrogens with zero attached hydrogens (tertiary/aromatic N) is 5. The molecule has 1 saturated heterocycles. The van der Waals surface area contributed by atoms with Gasteiger partial charge in [-0.05, 0) is 38.3 Å². The van der Waals surface area contributed by atoms with Gasteiger partial charge < -0.3 is 10.2 Å². The molecular weight excluding hydrogens is 352 g/mol. The van der Waals surface area contributed by atoms with Gasteiger partial charge in [-0.15, -0.1) is 15.3 Å². The second kappa shape index (κ2) is 7.96. The number of nitrogens with one attached hydrogen (secondary N) is 1. The first kappa shape index (κ1) is 18.4. The molecule has 3 heterocycles. The Bertz CT molecular complexity index is 946. The van der Waals surface area contributed by atoms with Gasteiger partial charge in [0.15, 0.2) is 11.5 Å². The number of aromatic nitrogens is 4. The van der Waals surface area contributed by atoms with E-state index < -0.39 is 0 Å². The zero-order chi connectivity index (χ0) is 19.5. The standard InChI is InChI=1S/C21H26N6O/c1-3-15(2)22-21(28)17-11-13-26(14-12-17)19-10-9-18-23-24-20(27(18)25-19)16-7-5-4-6-8-16/h4-10,15,17H,3,11-14H2,1-2H3,(H,22,28)/t15-/m1/s1. The lowest BCUT2D eigenvalue weighted by Gasteiger charge is -2.32. The van der Waals surface area contributed by atoms with E-state index in [0.717, 1.165) is 55.2 Å². The molecule has 146 valence electrons. The van der Waals surface area contributed by atoms with Gasteiger partial charge in [-0.1, -0.05) is 37.3 Å². The largest absolute Gasteiger partial charge is 0.355 e. The first-order valence-corrected chi connectivity index (χ1v) is 9.99. The molecule has 1 atom stereocenters. The van der Waals surface area contributed by atoms with Crippen molar-refractivity contribution < 1.29 is 4.79 Å². The van der Waals surface area contributed by atoms with Crippen LogP contribution < -0.4 is 10.2 Å². The number of hydrogen-bond acceptors (Lipinski definition) is 5. The number of piperidine rings is 1. The molecule has 4 rings (SSSR count). The van der Waals surface area contributed by atoms with E-state index in [2.05, 4.69) is 34.3 Å². The van der Waals surface area contributed by atoms with Crippen molar-refractivity contribution in [3.63, 3.8) is 0 Å². The van der Waals surface area contributed by atoms with E-state index in [4.69, 9.17) is 5.10 Å². The van der Waals surface area contributed by atoms with Gasteiger partial charge >= 0.3 is 0 Å². The second-order valence-electron chi connectivity index (χ2n) is 7.43. The van der Waals surface area contributed by atoms with E-state index in [-0.39, 0.29) is 17.9 Å². The van der Waals surface area contributed by atoms with Crippen LogP contribution in [0.5, 0.6) is 0 Å². The van der Waals surface area contributed by atoms with Crippen molar-refractivity contribution in [3.8, 4) is 11.4 Å². The Labute approximate surface area is 164 Å². The van der Waals surface area contributed by atoms with Crippen LogP contribution >= 0.6 is 0 Å². The molecule has 1 N–H and O–H groups in total. The van der Waals surface area contributed by atoms with Gasteiger partial charge in [-0.2, -0.15) is 4.52 Å². The van der Waals surface area contributed by atoms with Gasteiger partial charge in [0.2, 0.25) is 5.91 Å². The minimum atomic E-state index is 0.0868. The van der Waals surface area contributed by atoms with E-state index in [0.29, 0.717) is 0 Å². The number of carbonyl (C=O) groups is 1. The van der Waals surface area contributed by atoms with Crippen LogP contribution in [0.4, 0.5) is 5.82 Å². The smallest absolute Gasteiger partial charge is 0.223 e. The molecule has 1 aliphatic rings. The van der Waals surface area contributed by atoms with Crippen molar-refractivity contribution in [2.75, 3.05) is 18.0 Å². The third-order valence-corrected chi connectivity index (χ3v) is 5.47. The number of fused-ring (bicyclic) bond motifs is 1. The maximum absolute atomic E-state index is 12.4. The van der Waals surface area contributed by atoms with E-state index >= 15 is 0 Å². The summed E-state index contributed by atoms with van der Waals surface area (Å²) in [7, 11) is 0. The van der Waals surface area contributed by atoms with E-state index in [1.165, 1.54) is 0 Å². The summed E-state index contributed by atoms with van der Waals surface area (Å²) in [5, 5.41) is 16.4. The molecule has 0 bridgehead atoms. The zero-order valence-electron chi connectivity index (χ0n) is 16.4. The van der Waals surface area contributed by atoms with Gasteiger partial charge in [0.05, 0.1) is 0 Å². The average Bonchev–Trinajstić information content (AvgIpc) is 3.17. The van der Waals surface area contributed by atoms with E-state index in [1.807, 2.05) is 42.5 Å². The van der Waals surface area contributed by atoms with Crippen molar-refractivity contribution in [1.29, 1.82) is 0 Å². The SMILES string of the molecule is CC[C@@H](C)NC(=O)C1CCN(c2ccc3nnc(-c4ccccc4)n3n2)CC1. The van der Waals surface area contributed by atoms with Crippen LogP contribution in [0, 0.1) is 5.92 Å². The van der Waals surface area contributed by atoms with Crippen molar-refractivity contribution >= 4 is 17.4 Å². The third kappa shape index (κ3) is 3.69.